The largest absolute Gasteiger partial charge is 0.469 e. The second-order valence-corrected chi connectivity index (χ2v) is 5.07. The van der Waals surface area contributed by atoms with Crippen LogP contribution in [0.2, 0.25) is 0 Å². The summed E-state index contributed by atoms with van der Waals surface area (Å²) in [5.41, 5.74) is 8.54. The molecular formula is C13H23N3O3. The fourth-order valence-corrected chi connectivity index (χ4v) is 2.54. The highest BCUT2D eigenvalue weighted by molar-refractivity contribution is 5.72. The Kier molecular flexibility index (Phi) is 6.67. The minimum absolute atomic E-state index is 0.00724. The molecule has 0 aromatic rings. The van der Waals surface area contributed by atoms with Gasteiger partial charge in [-0.3, -0.25) is 4.79 Å². The topological polar surface area (TPSA) is 84.3 Å². The quantitative estimate of drug-likeness (QED) is 0.308. The number of esters is 1. The van der Waals surface area contributed by atoms with E-state index in [0.29, 0.717) is 0 Å². The lowest BCUT2D eigenvalue weighted by molar-refractivity contribution is -0.149. The van der Waals surface area contributed by atoms with Crippen molar-refractivity contribution in [2.75, 3.05) is 7.11 Å². The molecule has 1 aliphatic rings. The summed E-state index contributed by atoms with van der Waals surface area (Å²) in [6.07, 6.45) is 4.37. The van der Waals surface area contributed by atoms with Crippen LogP contribution in [0.1, 0.15) is 46.0 Å². The third-order valence-electron chi connectivity index (χ3n) is 3.64. The van der Waals surface area contributed by atoms with E-state index in [0.717, 1.165) is 32.1 Å². The molecule has 1 fully saturated rings. The molecule has 19 heavy (non-hydrogen) atoms. The second kappa shape index (κ2) is 8.02. The molecule has 1 rings (SSSR count). The summed E-state index contributed by atoms with van der Waals surface area (Å²) in [5.74, 6) is -0.468. The van der Waals surface area contributed by atoms with E-state index < -0.39 is 0 Å². The van der Waals surface area contributed by atoms with Crippen molar-refractivity contribution in [2.45, 2.75) is 64.2 Å². The van der Waals surface area contributed by atoms with Gasteiger partial charge in [0, 0.05) is 11.0 Å². The highest BCUT2D eigenvalue weighted by Gasteiger charge is 2.34. The number of azide groups is 1. The van der Waals surface area contributed by atoms with Crippen LogP contribution in [0.25, 0.3) is 10.4 Å². The zero-order valence-corrected chi connectivity index (χ0v) is 11.9. The van der Waals surface area contributed by atoms with Gasteiger partial charge in [-0.15, -0.1) is 0 Å². The second-order valence-electron chi connectivity index (χ2n) is 5.07. The summed E-state index contributed by atoms with van der Waals surface area (Å²) >= 11 is 0. The predicted molar refractivity (Wildman–Crippen MR) is 71.5 cm³/mol. The van der Waals surface area contributed by atoms with Crippen molar-refractivity contribution in [2.24, 2.45) is 11.0 Å². The number of methoxy groups -OCH3 is 1. The number of ether oxygens (including phenoxy) is 2. The Labute approximate surface area is 114 Å². The molecule has 6 nitrogen and oxygen atoms in total. The molecule has 0 bridgehead atoms. The Morgan fingerprint density at radius 3 is 2.89 bits per heavy atom. The molecule has 0 aromatic carbocycles. The molecule has 0 aromatic heterocycles. The molecule has 0 N–H and O–H groups in total. The molecule has 108 valence electrons. The van der Waals surface area contributed by atoms with Gasteiger partial charge in [0.25, 0.3) is 0 Å². The number of hydrogen-bond donors (Lipinski definition) is 0. The molecule has 0 radical (unpaired) electrons. The number of nitrogens with zero attached hydrogens (tertiary/aromatic N) is 3. The maximum atomic E-state index is 11.5. The third-order valence-corrected chi connectivity index (χ3v) is 3.64. The monoisotopic (exact) mass is 269 g/mol. The Morgan fingerprint density at radius 2 is 2.32 bits per heavy atom. The number of carbonyl (C=O) groups is 1. The van der Waals surface area contributed by atoms with E-state index in [9.17, 15) is 4.79 Å². The van der Waals surface area contributed by atoms with Gasteiger partial charge in [-0.1, -0.05) is 18.5 Å². The fourth-order valence-electron chi connectivity index (χ4n) is 2.54. The number of rotatable bonds is 7. The smallest absolute Gasteiger partial charge is 0.311 e. The summed E-state index contributed by atoms with van der Waals surface area (Å²) in [6, 6.07) is -0.00724. The SMILES string of the molecule is CCC[C@@H](C[C@@H]1CCC(C(C)C(=O)OC)O1)N=[N+]=[N-]. The van der Waals surface area contributed by atoms with Gasteiger partial charge in [0.05, 0.1) is 25.2 Å². The van der Waals surface area contributed by atoms with Gasteiger partial charge in [-0.05, 0) is 38.1 Å². The standard InChI is InChI=1S/C13H23N3O3/c1-4-5-10(15-16-14)8-11-6-7-12(19-11)9(2)13(17)18-3/h9-12H,4-8H2,1-3H3/t9?,10-,11-,12?/m0/s1. The molecule has 4 atom stereocenters. The summed E-state index contributed by atoms with van der Waals surface area (Å²) in [4.78, 5) is 14.4. The van der Waals surface area contributed by atoms with Gasteiger partial charge in [0.2, 0.25) is 0 Å². The Bertz CT molecular complexity index is 342. The maximum Gasteiger partial charge on any atom is 0.311 e. The number of hydrogen-bond acceptors (Lipinski definition) is 4. The van der Waals surface area contributed by atoms with Crippen LogP contribution >= 0.6 is 0 Å². The van der Waals surface area contributed by atoms with Gasteiger partial charge in [0.1, 0.15) is 0 Å². The van der Waals surface area contributed by atoms with Crippen LogP contribution < -0.4 is 0 Å². The van der Waals surface area contributed by atoms with Crippen LogP contribution in [0.15, 0.2) is 5.11 Å². The third kappa shape index (κ3) is 4.73. The normalized spacial score (nSPS) is 25.4. The van der Waals surface area contributed by atoms with Crippen LogP contribution in [-0.2, 0) is 14.3 Å². The Balaban J connectivity index is 2.46. The lowest BCUT2D eigenvalue weighted by Crippen LogP contribution is -2.27. The molecule has 0 amide bonds. The van der Waals surface area contributed by atoms with Crippen molar-refractivity contribution in [3.8, 4) is 0 Å². The van der Waals surface area contributed by atoms with Crippen molar-refractivity contribution in [1.29, 1.82) is 0 Å². The van der Waals surface area contributed by atoms with Crippen LogP contribution in [0, 0.1) is 5.92 Å². The lowest BCUT2D eigenvalue weighted by atomic mass is 10.0. The zero-order valence-electron chi connectivity index (χ0n) is 11.9. The van der Waals surface area contributed by atoms with Crippen molar-refractivity contribution >= 4 is 5.97 Å². The molecule has 0 aliphatic carbocycles. The molecule has 2 unspecified atom stereocenters. The van der Waals surface area contributed by atoms with Crippen molar-refractivity contribution in [1.82, 2.24) is 0 Å². The lowest BCUT2D eigenvalue weighted by Gasteiger charge is -2.20. The number of carbonyl (C=O) groups excluding carboxylic acids is 1. The molecule has 0 spiro atoms. The van der Waals surface area contributed by atoms with E-state index >= 15 is 0 Å². The molecule has 1 heterocycles. The Hall–Kier alpha value is -1.26. The summed E-state index contributed by atoms with van der Waals surface area (Å²) in [7, 11) is 1.39. The van der Waals surface area contributed by atoms with Gasteiger partial charge in [-0.25, -0.2) is 0 Å². The van der Waals surface area contributed by atoms with Crippen molar-refractivity contribution < 1.29 is 14.3 Å². The van der Waals surface area contributed by atoms with Gasteiger partial charge in [0.15, 0.2) is 0 Å². The first-order chi connectivity index (χ1) is 9.12. The van der Waals surface area contributed by atoms with E-state index in [2.05, 4.69) is 16.9 Å². The highest BCUT2D eigenvalue weighted by atomic mass is 16.5. The van der Waals surface area contributed by atoms with E-state index in [-0.39, 0.29) is 30.1 Å². The fraction of sp³-hybridized carbons (Fsp3) is 0.923. The minimum Gasteiger partial charge on any atom is -0.469 e. The average molecular weight is 269 g/mol. The molecule has 6 heteroatoms. The van der Waals surface area contributed by atoms with E-state index in [1.807, 2.05) is 6.92 Å². The van der Waals surface area contributed by atoms with Crippen LogP contribution in [0.3, 0.4) is 0 Å². The van der Waals surface area contributed by atoms with E-state index in [1.54, 1.807) is 0 Å². The minimum atomic E-state index is -0.237. The first-order valence-electron chi connectivity index (χ1n) is 6.89. The summed E-state index contributed by atoms with van der Waals surface area (Å²) in [6.45, 7) is 3.90. The molecule has 1 aliphatic heterocycles. The first-order valence-corrected chi connectivity index (χ1v) is 6.89. The highest BCUT2D eigenvalue weighted by Crippen LogP contribution is 2.29. The maximum absolute atomic E-state index is 11.5. The van der Waals surface area contributed by atoms with Crippen molar-refractivity contribution in [3.63, 3.8) is 0 Å². The molecule has 1 saturated heterocycles. The average Bonchev–Trinajstić information content (AvgIpc) is 2.86. The predicted octanol–water partition coefficient (Wildman–Crippen LogP) is 3.21. The van der Waals surface area contributed by atoms with Crippen molar-refractivity contribution in [3.05, 3.63) is 10.4 Å². The van der Waals surface area contributed by atoms with E-state index in [4.69, 9.17) is 15.0 Å². The Morgan fingerprint density at radius 1 is 1.58 bits per heavy atom. The molecular weight excluding hydrogens is 246 g/mol. The zero-order chi connectivity index (χ0) is 14.3. The van der Waals surface area contributed by atoms with Gasteiger partial charge >= 0.3 is 5.97 Å². The van der Waals surface area contributed by atoms with Gasteiger partial charge in [-0.2, -0.15) is 0 Å². The van der Waals surface area contributed by atoms with Crippen LogP contribution in [0.5, 0.6) is 0 Å². The first kappa shape index (κ1) is 15.8. The van der Waals surface area contributed by atoms with Crippen LogP contribution in [-0.4, -0.2) is 31.3 Å². The summed E-state index contributed by atoms with van der Waals surface area (Å²) in [5, 5.41) is 3.81. The summed E-state index contributed by atoms with van der Waals surface area (Å²) < 4.78 is 10.6. The van der Waals surface area contributed by atoms with Gasteiger partial charge < -0.3 is 9.47 Å². The van der Waals surface area contributed by atoms with Crippen LogP contribution in [0.4, 0.5) is 0 Å². The van der Waals surface area contributed by atoms with E-state index in [1.165, 1.54) is 7.11 Å². The molecule has 0 saturated carbocycles.